The minimum atomic E-state index is 0.323. The maximum Gasteiger partial charge on any atom is 0.0436 e. The molecule has 2 N–H and O–H groups in total. The van der Waals surface area contributed by atoms with Crippen molar-refractivity contribution in [3.8, 4) is 0 Å². The molecule has 1 aromatic carbocycles. The Bertz CT molecular complexity index is 381. The van der Waals surface area contributed by atoms with Gasteiger partial charge in [-0.05, 0) is 48.6 Å². The molecule has 1 aromatic rings. The van der Waals surface area contributed by atoms with Gasteiger partial charge in [-0.15, -0.1) is 0 Å². The maximum absolute atomic E-state index is 9.11. The lowest BCUT2D eigenvalue weighted by Gasteiger charge is -2.22. The first kappa shape index (κ1) is 14.5. The molecule has 2 nitrogen and oxygen atoms in total. The zero-order valence-electron chi connectivity index (χ0n) is 12.3. The van der Waals surface area contributed by atoms with Gasteiger partial charge in [0.15, 0.2) is 0 Å². The van der Waals surface area contributed by atoms with Crippen LogP contribution in [0.1, 0.15) is 56.7 Å². The topological polar surface area (TPSA) is 32.3 Å². The van der Waals surface area contributed by atoms with Gasteiger partial charge in [-0.1, -0.05) is 38.1 Å². The molecule has 1 fully saturated rings. The lowest BCUT2D eigenvalue weighted by molar-refractivity contribution is 0.242. The maximum atomic E-state index is 9.11. The molecule has 0 heterocycles. The van der Waals surface area contributed by atoms with Crippen LogP contribution >= 0.6 is 0 Å². The molecule has 2 rings (SSSR count). The second-order valence-corrected chi connectivity index (χ2v) is 5.91. The first-order chi connectivity index (χ1) is 9.23. The molecule has 0 radical (unpaired) electrons. The number of hydrogen-bond acceptors (Lipinski definition) is 2. The minimum Gasteiger partial charge on any atom is -0.396 e. The first-order valence-electron chi connectivity index (χ1n) is 7.66. The lowest BCUT2D eigenvalue weighted by atomic mass is 9.99. The predicted octanol–water partition coefficient (Wildman–Crippen LogP) is 3.45. The number of benzene rings is 1. The summed E-state index contributed by atoms with van der Waals surface area (Å²) in [5, 5.41) is 12.8. The Hall–Kier alpha value is -0.860. The summed E-state index contributed by atoms with van der Waals surface area (Å²) >= 11 is 0. The molecule has 1 saturated carbocycles. The summed E-state index contributed by atoms with van der Waals surface area (Å²) in [5.41, 5.74) is 3.18. The molecule has 0 aliphatic heterocycles. The monoisotopic (exact) mass is 261 g/mol. The fourth-order valence-corrected chi connectivity index (χ4v) is 2.75. The van der Waals surface area contributed by atoms with Crippen LogP contribution in [0.2, 0.25) is 0 Å². The van der Waals surface area contributed by atoms with E-state index in [1.165, 1.54) is 24.0 Å². The van der Waals surface area contributed by atoms with Crippen LogP contribution < -0.4 is 5.32 Å². The summed E-state index contributed by atoms with van der Waals surface area (Å²) in [5.74, 6) is 0. The average Bonchev–Trinajstić information content (AvgIpc) is 3.21. The van der Waals surface area contributed by atoms with Gasteiger partial charge in [0.25, 0.3) is 0 Å². The van der Waals surface area contributed by atoms with Crippen LogP contribution in [0.5, 0.6) is 0 Å². The van der Waals surface area contributed by atoms with E-state index in [2.05, 4.69) is 43.4 Å². The van der Waals surface area contributed by atoms with Crippen molar-refractivity contribution >= 4 is 0 Å². The van der Waals surface area contributed by atoms with Crippen molar-refractivity contribution in [1.29, 1.82) is 0 Å². The molecular weight excluding hydrogens is 234 g/mol. The highest BCUT2D eigenvalue weighted by atomic mass is 16.3. The highest BCUT2D eigenvalue weighted by Crippen LogP contribution is 2.48. The molecule has 1 aliphatic rings. The first-order valence-corrected chi connectivity index (χ1v) is 7.66. The number of aliphatic hydroxyl groups is 1. The molecule has 1 unspecified atom stereocenters. The van der Waals surface area contributed by atoms with Crippen molar-refractivity contribution in [2.75, 3.05) is 13.2 Å². The molecule has 0 amide bonds. The zero-order valence-corrected chi connectivity index (χ0v) is 12.3. The third kappa shape index (κ3) is 3.80. The Morgan fingerprint density at radius 2 is 1.89 bits per heavy atom. The highest BCUT2D eigenvalue weighted by molar-refractivity contribution is 5.25. The number of hydrogen-bond donors (Lipinski definition) is 2. The molecule has 0 bridgehead atoms. The van der Waals surface area contributed by atoms with Crippen molar-refractivity contribution in [2.45, 2.75) is 52.0 Å². The van der Waals surface area contributed by atoms with E-state index in [-0.39, 0.29) is 0 Å². The molecule has 2 heteroatoms. The molecular formula is C17H27NO. The molecule has 0 aromatic heterocycles. The van der Waals surface area contributed by atoms with Gasteiger partial charge in [0, 0.05) is 19.2 Å². The number of rotatable bonds is 8. The Balaban J connectivity index is 1.92. The van der Waals surface area contributed by atoms with Crippen LogP contribution in [0.4, 0.5) is 0 Å². The lowest BCUT2D eigenvalue weighted by Crippen LogP contribution is -2.28. The Kier molecular flexibility index (Phi) is 5.00. The average molecular weight is 261 g/mol. The van der Waals surface area contributed by atoms with Gasteiger partial charge in [-0.25, -0.2) is 0 Å². The number of nitrogens with one attached hydrogen (secondary N) is 1. The van der Waals surface area contributed by atoms with Gasteiger partial charge in [-0.3, -0.25) is 0 Å². The van der Waals surface area contributed by atoms with Crippen molar-refractivity contribution < 1.29 is 5.11 Å². The third-order valence-electron chi connectivity index (χ3n) is 4.52. The van der Waals surface area contributed by atoms with Gasteiger partial charge in [0.1, 0.15) is 0 Å². The Labute approximate surface area is 117 Å². The molecule has 0 spiro atoms. The van der Waals surface area contributed by atoms with E-state index in [9.17, 15) is 0 Å². The summed E-state index contributed by atoms with van der Waals surface area (Å²) in [6.45, 7) is 5.79. The summed E-state index contributed by atoms with van der Waals surface area (Å²) in [6.07, 6.45) is 5.70. The van der Waals surface area contributed by atoms with Gasteiger partial charge >= 0.3 is 0 Å². The SMILES string of the molecule is CCc1ccc(C(CC)NCC2(CCO)CC2)cc1. The predicted molar refractivity (Wildman–Crippen MR) is 80.2 cm³/mol. The van der Waals surface area contributed by atoms with Gasteiger partial charge in [0.2, 0.25) is 0 Å². The standard InChI is InChI=1S/C17H27NO/c1-3-14-5-7-15(8-6-14)16(4-2)18-13-17(9-10-17)11-12-19/h5-8,16,18-19H,3-4,9-13H2,1-2H3. The van der Waals surface area contributed by atoms with E-state index in [0.29, 0.717) is 18.1 Å². The number of aliphatic hydroxyl groups excluding tert-OH is 1. The Morgan fingerprint density at radius 3 is 2.37 bits per heavy atom. The smallest absolute Gasteiger partial charge is 0.0436 e. The van der Waals surface area contributed by atoms with E-state index in [1.54, 1.807) is 0 Å². The second-order valence-electron chi connectivity index (χ2n) is 5.91. The molecule has 106 valence electrons. The third-order valence-corrected chi connectivity index (χ3v) is 4.52. The fourth-order valence-electron chi connectivity index (χ4n) is 2.75. The van der Waals surface area contributed by atoms with Crippen molar-refractivity contribution in [1.82, 2.24) is 5.32 Å². The summed E-state index contributed by atoms with van der Waals surface area (Å²) in [4.78, 5) is 0. The zero-order chi connectivity index (χ0) is 13.7. The quantitative estimate of drug-likeness (QED) is 0.751. The second kappa shape index (κ2) is 6.53. The molecule has 1 atom stereocenters. The molecule has 1 aliphatic carbocycles. The van der Waals surface area contributed by atoms with Crippen molar-refractivity contribution in [2.24, 2.45) is 5.41 Å². The van der Waals surface area contributed by atoms with E-state index in [0.717, 1.165) is 25.8 Å². The normalized spacial score (nSPS) is 18.3. The van der Waals surface area contributed by atoms with Gasteiger partial charge in [0.05, 0.1) is 0 Å². The summed E-state index contributed by atoms with van der Waals surface area (Å²) in [6, 6.07) is 9.43. The van der Waals surface area contributed by atoms with E-state index in [4.69, 9.17) is 5.11 Å². The summed E-state index contributed by atoms with van der Waals surface area (Å²) in [7, 11) is 0. The highest BCUT2D eigenvalue weighted by Gasteiger charge is 2.41. The van der Waals surface area contributed by atoms with E-state index in [1.807, 2.05) is 0 Å². The molecule has 0 saturated heterocycles. The Morgan fingerprint density at radius 1 is 1.21 bits per heavy atom. The fraction of sp³-hybridized carbons (Fsp3) is 0.647. The number of aryl methyl sites for hydroxylation is 1. The van der Waals surface area contributed by atoms with Crippen LogP contribution in [0.15, 0.2) is 24.3 Å². The summed E-state index contributed by atoms with van der Waals surface area (Å²) < 4.78 is 0. The van der Waals surface area contributed by atoms with E-state index >= 15 is 0 Å². The van der Waals surface area contributed by atoms with Gasteiger partial charge < -0.3 is 10.4 Å². The van der Waals surface area contributed by atoms with Crippen LogP contribution in [0.3, 0.4) is 0 Å². The van der Waals surface area contributed by atoms with Crippen LogP contribution in [0, 0.1) is 5.41 Å². The largest absolute Gasteiger partial charge is 0.396 e. The molecule has 19 heavy (non-hydrogen) atoms. The van der Waals surface area contributed by atoms with Gasteiger partial charge in [-0.2, -0.15) is 0 Å². The van der Waals surface area contributed by atoms with Crippen LogP contribution in [0.25, 0.3) is 0 Å². The minimum absolute atomic E-state index is 0.323. The van der Waals surface area contributed by atoms with E-state index < -0.39 is 0 Å². The van der Waals surface area contributed by atoms with Crippen LogP contribution in [-0.2, 0) is 6.42 Å². The van der Waals surface area contributed by atoms with Crippen LogP contribution in [-0.4, -0.2) is 18.3 Å². The van der Waals surface area contributed by atoms with Crippen molar-refractivity contribution in [3.05, 3.63) is 35.4 Å². The van der Waals surface area contributed by atoms with Crippen molar-refractivity contribution in [3.63, 3.8) is 0 Å².